The smallest absolute Gasteiger partial charge is 0.425 e. The molecular weight excluding hydrogens is 361 g/mol. The molecule has 1 heterocycles. The second-order valence-corrected chi connectivity index (χ2v) is 6.48. The molecule has 0 amide bonds. The van der Waals surface area contributed by atoms with Crippen molar-refractivity contribution in [3.8, 4) is 5.75 Å². The monoisotopic (exact) mass is 386 g/mol. The van der Waals surface area contributed by atoms with E-state index in [9.17, 15) is 18.3 Å². The quantitative estimate of drug-likeness (QED) is 0.592. The highest BCUT2D eigenvalue weighted by molar-refractivity contribution is 5.65. The van der Waals surface area contributed by atoms with Crippen LogP contribution < -0.4 is 4.74 Å². The molecule has 1 atom stereocenters. The number of halogens is 3. The number of aliphatic imine (C=N–C) groups is 1. The van der Waals surface area contributed by atoms with Crippen molar-refractivity contribution in [3.05, 3.63) is 35.1 Å². The molecular formula is C19H25F3N2O3. The molecule has 0 fully saturated rings. The van der Waals surface area contributed by atoms with E-state index in [1.807, 2.05) is 18.9 Å². The molecule has 0 spiro atoms. The van der Waals surface area contributed by atoms with Crippen LogP contribution in [0.3, 0.4) is 0 Å². The van der Waals surface area contributed by atoms with Crippen molar-refractivity contribution in [1.82, 2.24) is 4.90 Å². The second-order valence-electron chi connectivity index (χ2n) is 6.48. The molecule has 1 aromatic carbocycles. The fourth-order valence-corrected chi connectivity index (χ4v) is 2.85. The van der Waals surface area contributed by atoms with Crippen molar-refractivity contribution < 1.29 is 27.8 Å². The van der Waals surface area contributed by atoms with Crippen LogP contribution in [0.1, 0.15) is 30.9 Å². The lowest BCUT2D eigenvalue weighted by Gasteiger charge is -2.35. The van der Waals surface area contributed by atoms with E-state index in [4.69, 9.17) is 9.47 Å². The van der Waals surface area contributed by atoms with E-state index in [1.165, 1.54) is 19.2 Å². The third-order valence-electron chi connectivity index (χ3n) is 4.61. The molecule has 0 aliphatic carbocycles. The standard InChI is InChI=1S/C19H25F3N2O3/c1-5-24(3)12-23-16-10-17(26-4)15(9-13(16)2)18(25,19(20,21)22)14-7-6-8-27-11-14/h9-12,25H,5-8H2,1-4H3. The first-order valence-corrected chi connectivity index (χ1v) is 8.68. The number of alkyl halides is 3. The highest BCUT2D eigenvalue weighted by Crippen LogP contribution is 2.50. The summed E-state index contributed by atoms with van der Waals surface area (Å²) in [6.45, 7) is 4.65. The predicted molar refractivity (Wildman–Crippen MR) is 97.4 cm³/mol. The van der Waals surface area contributed by atoms with E-state index in [-0.39, 0.29) is 23.3 Å². The van der Waals surface area contributed by atoms with E-state index in [1.54, 1.807) is 13.3 Å². The Hall–Kier alpha value is -2.22. The molecule has 1 aliphatic heterocycles. The zero-order chi connectivity index (χ0) is 20.2. The van der Waals surface area contributed by atoms with Gasteiger partial charge in [-0.25, -0.2) is 4.99 Å². The Morgan fingerprint density at radius 1 is 1.37 bits per heavy atom. The van der Waals surface area contributed by atoms with E-state index in [2.05, 4.69) is 4.99 Å². The van der Waals surface area contributed by atoms with Crippen LogP contribution >= 0.6 is 0 Å². The fourth-order valence-electron chi connectivity index (χ4n) is 2.85. The van der Waals surface area contributed by atoms with Crippen LogP contribution in [0.2, 0.25) is 0 Å². The molecule has 27 heavy (non-hydrogen) atoms. The van der Waals surface area contributed by atoms with Crippen molar-refractivity contribution in [1.29, 1.82) is 0 Å². The summed E-state index contributed by atoms with van der Waals surface area (Å²) in [6.07, 6.45) is -1.86. The average molecular weight is 386 g/mol. The van der Waals surface area contributed by atoms with Gasteiger partial charge >= 0.3 is 6.18 Å². The van der Waals surface area contributed by atoms with E-state index in [0.29, 0.717) is 24.3 Å². The Morgan fingerprint density at radius 2 is 2.07 bits per heavy atom. The number of methoxy groups -OCH3 is 1. The molecule has 5 nitrogen and oxygen atoms in total. The van der Waals surface area contributed by atoms with Crippen molar-refractivity contribution in [2.75, 3.05) is 27.3 Å². The maximum Gasteiger partial charge on any atom is 0.425 e. The number of rotatable bonds is 6. The van der Waals surface area contributed by atoms with Crippen LogP contribution in [0.25, 0.3) is 0 Å². The van der Waals surface area contributed by atoms with Gasteiger partial charge in [0, 0.05) is 30.8 Å². The molecule has 0 saturated carbocycles. The second kappa shape index (κ2) is 8.21. The van der Waals surface area contributed by atoms with Gasteiger partial charge < -0.3 is 19.5 Å². The van der Waals surface area contributed by atoms with Gasteiger partial charge in [-0.1, -0.05) is 0 Å². The van der Waals surface area contributed by atoms with Crippen molar-refractivity contribution in [2.45, 2.75) is 38.5 Å². The van der Waals surface area contributed by atoms with Crippen LogP contribution in [-0.2, 0) is 10.3 Å². The summed E-state index contributed by atoms with van der Waals surface area (Å²) in [5, 5.41) is 10.8. The molecule has 1 aliphatic rings. The van der Waals surface area contributed by atoms with E-state index >= 15 is 0 Å². The molecule has 0 aromatic heterocycles. The number of ether oxygens (including phenoxy) is 2. The molecule has 1 unspecified atom stereocenters. The van der Waals surface area contributed by atoms with Gasteiger partial charge in [0.1, 0.15) is 5.75 Å². The van der Waals surface area contributed by atoms with Gasteiger partial charge in [0.25, 0.3) is 0 Å². The Morgan fingerprint density at radius 3 is 2.59 bits per heavy atom. The molecule has 0 bridgehead atoms. The lowest BCUT2D eigenvalue weighted by atomic mass is 9.81. The molecule has 150 valence electrons. The summed E-state index contributed by atoms with van der Waals surface area (Å²) >= 11 is 0. The first-order chi connectivity index (χ1) is 12.6. The number of aliphatic hydroxyl groups is 1. The Bertz CT molecular complexity index is 732. The maximum absolute atomic E-state index is 14.0. The Balaban J connectivity index is 2.61. The number of hydrogen-bond acceptors (Lipinski definition) is 4. The fraction of sp³-hybridized carbons (Fsp3) is 0.526. The van der Waals surface area contributed by atoms with E-state index in [0.717, 1.165) is 12.8 Å². The average Bonchev–Trinajstić information content (AvgIpc) is 2.65. The minimum Gasteiger partial charge on any atom is -0.501 e. The van der Waals surface area contributed by atoms with Gasteiger partial charge in [-0.15, -0.1) is 0 Å². The number of benzene rings is 1. The highest BCUT2D eigenvalue weighted by Gasteiger charge is 2.59. The summed E-state index contributed by atoms with van der Waals surface area (Å²) in [5.74, 6) is -0.0850. The third-order valence-corrected chi connectivity index (χ3v) is 4.61. The van der Waals surface area contributed by atoms with Crippen LogP contribution in [0.15, 0.2) is 29.0 Å². The summed E-state index contributed by atoms with van der Waals surface area (Å²) in [6, 6.07) is 2.69. The van der Waals surface area contributed by atoms with Gasteiger partial charge in [-0.3, -0.25) is 0 Å². The molecule has 1 N–H and O–H groups in total. The van der Waals surface area contributed by atoms with Gasteiger partial charge in [0.05, 0.1) is 32.0 Å². The predicted octanol–water partition coefficient (Wildman–Crippen LogP) is 4.06. The molecule has 8 heteroatoms. The number of nitrogens with zero attached hydrogens (tertiary/aromatic N) is 2. The third kappa shape index (κ3) is 4.21. The Labute approximate surface area is 157 Å². The zero-order valence-electron chi connectivity index (χ0n) is 15.9. The summed E-state index contributed by atoms with van der Waals surface area (Å²) in [4.78, 5) is 6.13. The molecule has 1 aromatic rings. The first-order valence-electron chi connectivity index (χ1n) is 8.68. The van der Waals surface area contributed by atoms with E-state index < -0.39 is 11.8 Å². The van der Waals surface area contributed by atoms with Crippen molar-refractivity contribution in [3.63, 3.8) is 0 Å². The largest absolute Gasteiger partial charge is 0.501 e. The number of aryl methyl sites for hydroxylation is 1. The van der Waals surface area contributed by atoms with Gasteiger partial charge in [0.15, 0.2) is 0 Å². The Kier molecular flexibility index (Phi) is 6.41. The summed E-state index contributed by atoms with van der Waals surface area (Å²) < 4.78 is 52.2. The van der Waals surface area contributed by atoms with Crippen LogP contribution in [0.4, 0.5) is 18.9 Å². The van der Waals surface area contributed by atoms with Crippen molar-refractivity contribution in [2.24, 2.45) is 4.99 Å². The summed E-state index contributed by atoms with van der Waals surface area (Å²) in [7, 11) is 3.10. The van der Waals surface area contributed by atoms with Crippen LogP contribution in [0, 0.1) is 6.92 Å². The molecule has 0 radical (unpaired) electrons. The van der Waals surface area contributed by atoms with Gasteiger partial charge in [-0.2, -0.15) is 13.2 Å². The lowest BCUT2D eigenvalue weighted by molar-refractivity contribution is -0.252. The van der Waals surface area contributed by atoms with Crippen LogP contribution in [-0.4, -0.2) is 49.8 Å². The topological polar surface area (TPSA) is 54.3 Å². The molecule has 0 saturated heterocycles. The maximum atomic E-state index is 14.0. The number of hydrogen-bond donors (Lipinski definition) is 1. The normalized spacial score (nSPS) is 17.3. The minimum absolute atomic E-state index is 0.0827. The SMILES string of the molecule is CCN(C)C=Nc1cc(OC)c(C(O)(C2=COCCC2)C(F)(F)F)cc1C. The van der Waals surface area contributed by atoms with Crippen molar-refractivity contribution >= 4 is 12.0 Å². The highest BCUT2D eigenvalue weighted by atomic mass is 19.4. The van der Waals surface area contributed by atoms with Gasteiger partial charge in [-0.05, 0) is 38.3 Å². The first kappa shape index (κ1) is 21.1. The minimum atomic E-state index is -4.94. The zero-order valence-corrected chi connectivity index (χ0v) is 15.9. The van der Waals surface area contributed by atoms with Gasteiger partial charge in [0.2, 0.25) is 5.60 Å². The van der Waals surface area contributed by atoms with Crippen LogP contribution in [0.5, 0.6) is 5.75 Å². The summed E-state index contributed by atoms with van der Waals surface area (Å²) in [5.41, 5.74) is -2.83. The lowest BCUT2D eigenvalue weighted by Crippen LogP contribution is -2.45. The molecule has 2 rings (SSSR count).